The van der Waals surface area contributed by atoms with Crippen LogP contribution in [0.4, 0.5) is 0 Å². The summed E-state index contributed by atoms with van der Waals surface area (Å²) in [6.07, 6.45) is 6.12. The SMILES string of the molecule is O=C(NCC1(CO)CCCC1)c1cccc2[nH]ccc12. The number of hydrogen-bond donors (Lipinski definition) is 3. The molecule has 106 valence electrons. The molecule has 1 amide bonds. The molecule has 3 rings (SSSR count). The predicted molar refractivity (Wildman–Crippen MR) is 78.6 cm³/mol. The summed E-state index contributed by atoms with van der Waals surface area (Å²) in [4.78, 5) is 15.5. The minimum absolute atomic E-state index is 0.0603. The van der Waals surface area contributed by atoms with Gasteiger partial charge >= 0.3 is 0 Å². The van der Waals surface area contributed by atoms with E-state index in [2.05, 4.69) is 10.3 Å². The molecule has 20 heavy (non-hydrogen) atoms. The summed E-state index contributed by atoms with van der Waals surface area (Å²) < 4.78 is 0. The lowest BCUT2D eigenvalue weighted by Crippen LogP contribution is -2.38. The molecule has 1 aromatic heterocycles. The van der Waals surface area contributed by atoms with Gasteiger partial charge in [0.2, 0.25) is 0 Å². The van der Waals surface area contributed by atoms with Gasteiger partial charge in [-0.05, 0) is 31.0 Å². The number of carbonyl (C=O) groups is 1. The number of aliphatic hydroxyl groups is 1. The van der Waals surface area contributed by atoms with E-state index in [0.29, 0.717) is 12.1 Å². The number of aliphatic hydroxyl groups excluding tert-OH is 1. The molecule has 1 aliphatic rings. The maximum Gasteiger partial charge on any atom is 0.251 e. The third-order valence-corrected chi connectivity index (χ3v) is 4.46. The van der Waals surface area contributed by atoms with Crippen molar-refractivity contribution in [1.29, 1.82) is 0 Å². The van der Waals surface area contributed by atoms with E-state index in [4.69, 9.17) is 0 Å². The highest BCUT2D eigenvalue weighted by Gasteiger charge is 2.33. The van der Waals surface area contributed by atoms with Crippen LogP contribution in [0.1, 0.15) is 36.0 Å². The average molecular weight is 272 g/mol. The van der Waals surface area contributed by atoms with Crippen molar-refractivity contribution in [3.05, 3.63) is 36.0 Å². The fraction of sp³-hybridized carbons (Fsp3) is 0.438. The summed E-state index contributed by atoms with van der Waals surface area (Å²) in [5.74, 6) is -0.0603. The van der Waals surface area contributed by atoms with Gasteiger partial charge in [0.25, 0.3) is 5.91 Å². The highest BCUT2D eigenvalue weighted by molar-refractivity contribution is 6.06. The van der Waals surface area contributed by atoms with Crippen LogP contribution in [-0.4, -0.2) is 29.1 Å². The lowest BCUT2D eigenvalue weighted by molar-refractivity contribution is 0.0882. The number of amides is 1. The highest BCUT2D eigenvalue weighted by atomic mass is 16.3. The maximum atomic E-state index is 12.4. The molecule has 1 aliphatic carbocycles. The van der Waals surface area contributed by atoms with Gasteiger partial charge in [-0.3, -0.25) is 4.79 Å². The van der Waals surface area contributed by atoms with Gasteiger partial charge in [0.1, 0.15) is 0 Å². The molecule has 4 nitrogen and oxygen atoms in total. The van der Waals surface area contributed by atoms with Crippen molar-refractivity contribution in [2.75, 3.05) is 13.2 Å². The van der Waals surface area contributed by atoms with E-state index in [-0.39, 0.29) is 17.9 Å². The molecule has 1 saturated carbocycles. The first-order valence-corrected chi connectivity index (χ1v) is 7.19. The van der Waals surface area contributed by atoms with Crippen LogP contribution in [0.15, 0.2) is 30.5 Å². The number of aromatic amines is 1. The summed E-state index contributed by atoms with van der Waals surface area (Å²) in [6, 6.07) is 7.59. The molecule has 0 unspecified atom stereocenters. The molecule has 0 bridgehead atoms. The zero-order valence-corrected chi connectivity index (χ0v) is 11.5. The molecule has 3 N–H and O–H groups in total. The molecule has 1 aromatic carbocycles. The largest absolute Gasteiger partial charge is 0.396 e. The zero-order chi connectivity index (χ0) is 14.0. The fourth-order valence-electron chi connectivity index (χ4n) is 3.16. The summed E-state index contributed by atoms with van der Waals surface area (Å²) >= 11 is 0. The van der Waals surface area contributed by atoms with E-state index in [1.54, 1.807) is 0 Å². The number of rotatable bonds is 4. The number of aromatic nitrogens is 1. The van der Waals surface area contributed by atoms with Gasteiger partial charge in [0.15, 0.2) is 0 Å². The standard InChI is InChI=1S/C16H20N2O2/c19-11-16(7-1-2-8-16)10-18-15(20)13-4-3-5-14-12(13)6-9-17-14/h3-6,9,17,19H,1-2,7-8,10-11H2,(H,18,20). The molecule has 1 fully saturated rings. The second-order valence-electron chi connectivity index (χ2n) is 5.79. The van der Waals surface area contributed by atoms with Crippen LogP contribution in [0.5, 0.6) is 0 Å². The number of fused-ring (bicyclic) bond motifs is 1. The quantitative estimate of drug-likeness (QED) is 0.800. The molecule has 0 aliphatic heterocycles. The van der Waals surface area contributed by atoms with E-state index < -0.39 is 0 Å². The smallest absolute Gasteiger partial charge is 0.251 e. The summed E-state index contributed by atoms with van der Waals surface area (Å²) in [5, 5.41) is 13.5. The monoisotopic (exact) mass is 272 g/mol. The van der Waals surface area contributed by atoms with E-state index >= 15 is 0 Å². The number of nitrogens with one attached hydrogen (secondary N) is 2. The molecule has 0 atom stereocenters. The van der Waals surface area contributed by atoms with Crippen LogP contribution in [-0.2, 0) is 0 Å². The number of hydrogen-bond acceptors (Lipinski definition) is 2. The van der Waals surface area contributed by atoms with Gasteiger partial charge in [-0.1, -0.05) is 18.9 Å². The molecular weight excluding hydrogens is 252 g/mol. The molecule has 0 spiro atoms. The van der Waals surface area contributed by atoms with Crippen LogP contribution in [0, 0.1) is 5.41 Å². The van der Waals surface area contributed by atoms with E-state index in [1.165, 1.54) is 0 Å². The average Bonchev–Trinajstić information content (AvgIpc) is 3.13. The summed E-state index contributed by atoms with van der Waals surface area (Å²) in [5.41, 5.74) is 1.55. The van der Waals surface area contributed by atoms with Crippen molar-refractivity contribution in [2.24, 2.45) is 5.41 Å². The second kappa shape index (κ2) is 5.29. The third-order valence-electron chi connectivity index (χ3n) is 4.46. The highest BCUT2D eigenvalue weighted by Crippen LogP contribution is 2.37. The third kappa shape index (κ3) is 2.31. The van der Waals surface area contributed by atoms with Gasteiger partial charge in [-0.2, -0.15) is 0 Å². The first kappa shape index (κ1) is 13.2. The normalized spacial score (nSPS) is 17.4. The van der Waals surface area contributed by atoms with E-state index in [0.717, 1.165) is 36.6 Å². The molecule has 0 radical (unpaired) electrons. The Labute approximate surface area is 118 Å². The van der Waals surface area contributed by atoms with Crippen LogP contribution in [0.3, 0.4) is 0 Å². The number of carbonyl (C=O) groups excluding carboxylic acids is 1. The van der Waals surface area contributed by atoms with Crippen LogP contribution >= 0.6 is 0 Å². The zero-order valence-electron chi connectivity index (χ0n) is 11.5. The summed E-state index contributed by atoms with van der Waals surface area (Å²) in [6.45, 7) is 0.713. The Morgan fingerprint density at radius 1 is 1.30 bits per heavy atom. The van der Waals surface area contributed by atoms with Crippen LogP contribution < -0.4 is 5.32 Å². The van der Waals surface area contributed by atoms with Crippen molar-refractivity contribution in [2.45, 2.75) is 25.7 Å². The van der Waals surface area contributed by atoms with E-state index in [9.17, 15) is 9.90 Å². The van der Waals surface area contributed by atoms with Gasteiger partial charge < -0.3 is 15.4 Å². The Morgan fingerprint density at radius 2 is 2.10 bits per heavy atom. The fourth-order valence-corrected chi connectivity index (χ4v) is 3.16. The second-order valence-corrected chi connectivity index (χ2v) is 5.79. The molecular formula is C16H20N2O2. The summed E-state index contributed by atoms with van der Waals surface area (Å²) in [7, 11) is 0. The van der Waals surface area contributed by atoms with Crippen molar-refractivity contribution in [3.63, 3.8) is 0 Å². The van der Waals surface area contributed by atoms with Crippen LogP contribution in [0.2, 0.25) is 0 Å². The predicted octanol–water partition coefficient (Wildman–Crippen LogP) is 2.45. The Balaban J connectivity index is 1.75. The van der Waals surface area contributed by atoms with Crippen molar-refractivity contribution < 1.29 is 9.90 Å². The molecule has 2 aromatic rings. The topological polar surface area (TPSA) is 65.1 Å². The minimum Gasteiger partial charge on any atom is -0.396 e. The van der Waals surface area contributed by atoms with Gasteiger partial charge in [-0.15, -0.1) is 0 Å². The van der Waals surface area contributed by atoms with Crippen molar-refractivity contribution >= 4 is 16.8 Å². The molecule has 1 heterocycles. The lowest BCUT2D eigenvalue weighted by Gasteiger charge is -2.26. The number of H-pyrrole nitrogens is 1. The Hall–Kier alpha value is -1.81. The number of benzene rings is 1. The Morgan fingerprint density at radius 3 is 2.85 bits per heavy atom. The van der Waals surface area contributed by atoms with Gasteiger partial charge in [0, 0.05) is 34.6 Å². The van der Waals surface area contributed by atoms with E-state index in [1.807, 2.05) is 30.5 Å². The van der Waals surface area contributed by atoms with Gasteiger partial charge in [-0.25, -0.2) is 0 Å². The lowest BCUT2D eigenvalue weighted by atomic mass is 9.87. The first-order valence-electron chi connectivity index (χ1n) is 7.19. The Kier molecular flexibility index (Phi) is 3.49. The van der Waals surface area contributed by atoms with Crippen LogP contribution in [0.25, 0.3) is 10.9 Å². The molecule has 4 heteroatoms. The van der Waals surface area contributed by atoms with Crippen molar-refractivity contribution in [3.8, 4) is 0 Å². The molecule has 0 saturated heterocycles. The first-order chi connectivity index (χ1) is 9.74. The minimum atomic E-state index is -0.109. The maximum absolute atomic E-state index is 12.4. The van der Waals surface area contributed by atoms with Crippen molar-refractivity contribution in [1.82, 2.24) is 10.3 Å². The Bertz CT molecular complexity index is 612. The van der Waals surface area contributed by atoms with Gasteiger partial charge in [0.05, 0.1) is 6.61 Å².